The third-order valence-corrected chi connectivity index (χ3v) is 3.22. The average molecular weight is 252 g/mol. The van der Waals surface area contributed by atoms with Crippen LogP contribution in [0, 0.1) is 11.3 Å². The largest absolute Gasteiger partial charge is 0.385 e. The quantitative estimate of drug-likeness (QED) is 0.704. The SMILES string of the molecule is COCC[C@H](CCCn1ccnc1)CC(C)(C)C. The maximum Gasteiger partial charge on any atom is 0.0945 e. The van der Waals surface area contributed by atoms with Crippen molar-refractivity contribution >= 4 is 0 Å². The smallest absolute Gasteiger partial charge is 0.0945 e. The maximum absolute atomic E-state index is 5.22. The first-order valence-corrected chi connectivity index (χ1v) is 6.96. The Bertz CT molecular complexity index is 301. The summed E-state index contributed by atoms with van der Waals surface area (Å²) in [5.74, 6) is 0.772. The molecule has 1 heterocycles. The van der Waals surface area contributed by atoms with Gasteiger partial charge in [-0.3, -0.25) is 0 Å². The maximum atomic E-state index is 5.22. The van der Waals surface area contributed by atoms with Crippen molar-refractivity contribution in [1.82, 2.24) is 9.55 Å². The second kappa shape index (κ2) is 7.57. The lowest BCUT2D eigenvalue weighted by molar-refractivity contribution is 0.157. The first kappa shape index (κ1) is 15.2. The molecule has 0 amide bonds. The summed E-state index contributed by atoms with van der Waals surface area (Å²) in [5.41, 5.74) is 0.410. The van der Waals surface area contributed by atoms with Crippen molar-refractivity contribution in [3.8, 4) is 0 Å². The van der Waals surface area contributed by atoms with E-state index in [1.165, 1.54) is 25.7 Å². The van der Waals surface area contributed by atoms with Crippen molar-refractivity contribution in [1.29, 1.82) is 0 Å². The van der Waals surface area contributed by atoms with E-state index < -0.39 is 0 Å². The fraction of sp³-hybridized carbons (Fsp3) is 0.800. The van der Waals surface area contributed by atoms with Crippen LogP contribution < -0.4 is 0 Å². The van der Waals surface area contributed by atoms with Gasteiger partial charge in [0.05, 0.1) is 6.33 Å². The molecule has 0 aliphatic heterocycles. The van der Waals surface area contributed by atoms with E-state index in [2.05, 4.69) is 30.3 Å². The third-order valence-electron chi connectivity index (χ3n) is 3.22. The van der Waals surface area contributed by atoms with Gasteiger partial charge in [-0.2, -0.15) is 0 Å². The van der Waals surface area contributed by atoms with E-state index in [-0.39, 0.29) is 0 Å². The Labute approximate surface area is 112 Å². The normalized spacial score (nSPS) is 13.8. The second-order valence-corrected chi connectivity index (χ2v) is 6.36. The average Bonchev–Trinajstić information content (AvgIpc) is 2.76. The Morgan fingerprint density at radius 3 is 2.61 bits per heavy atom. The highest BCUT2D eigenvalue weighted by molar-refractivity contribution is 4.75. The number of rotatable bonds is 8. The molecule has 0 bridgehead atoms. The first-order chi connectivity index (χ1) is 8.51. The van der Waals surface area contributed by atoms with Crippen molar-refractivity contribution in [2.24, 2.45) is 11.3 Å². The lowest BCUT2D eigenvalue weighted by Crippen LogP contribution is -2.15. The van der Waals surface area contributed by atoms with Gasteiger partial charge >= 0.3 is 0 Å². The molecule has 0 aliphatic carbocycles. The summed E-state index contributed by atoms with van der Waals surface area (Å²) < 4.78 is 7.38. The van der Waals surface area contributed by atoms with Gasteiger partial charge in [0.15, 0.2) is 0 Å². The van der Waals surface area contributed by atoms with Crippen LogP contribution in [0.3, 0.4) is 0 Å². The van der Waals surface area contributed by atoms with Crippen molar-refractivity contribution in [3.05, 3.63) is 18.7 Å². The van der Waals surface area contributed by atoms with Gasteiger partial charge in [-0.15, -0.1) is 0 Å². The van der Waals surface area contributed by atoms with Crippen LogP contribution in [-0.4, -0.2) is 23.3 Å². The highest BCUT2D eigenvalue weighted by Crippen LogP contribution is 2.29. The molecular formula is C15H28N2O. The van der Waals surface area contributed by atoms with E-state index in [0.717, 1.165) is 19.1 Å². The van der Waals surface area contributed by atoms with Crippen LogP contribution in [0.5, 0.6) is 0 Å². The number of aryl methyl sites for hydroxylation is 1. The summed E-state index contributed by atoms with van der Waals surface area (Å²) in [6.45, 7) is 8.92. The van der Waals surface area contributed by atoms with Crippen LogP contribution in [0.4, 0.5) is 0 Å². The van der Waals surface area contributed by atoms with Gasteiger partial charge in [-0.1, -0.05) is 20.8 Å². The lowest BCUT2D eigenvalue weighted by Gasteiger charge is -2.26. The molecule has 0 saturated carbocycles. The number of imidazole rings is 1. The Kier molecular flexibility index (Phi) is 6.41. The molecule has 0 saturated heterocycles. The standard InChI is InChI=1S/C15H28N2O/c1-15(2,3)12-14(7-11-18-4)6-5-9-17-10-8-16-13-17/h8,10,13-14H,5-7,9,11-12H2,1-4H3/t14-/m0/s1. The van der Waals surface area contributed by atoms with Crippen LogP contribution in [-0.2, 0) is 11.3 Å². The molecule has 1 aromatic heterocycles. The Morgan fingerprint density at radius 1 is 1.28 bits per heavy atom. The topological polar surface area (TPSA) is 27.1 Å². The number of ether oxygens (including phenoxy) is 1. The highest BCUT2D eigenvalue weighted by atomic mass is 16.5. The first-order valence-electron chi connectivity index (χ1n) is 6.96. The fourth-order valence-electron chi connectivity index (χ4n) is 2.48. The van der Waals surface area contributed by atoms with E-state index in [0.29, 0.717) is 5.41 Å². The van der Waals surface area contributed by atoms with Crippen molar-refractivity contribution in [2.45, 2.75) is 53.0 Å². The van der Waals surface area contributed by atoms with Crippen LogP contribution in [0.2, 0.25) is 0 Å². The minimum Gasteiger partial charge on any atom is -0.385 e. The predicted octanol–water partition coefficient (Wildman–Crippen LogP) is 3.75. The number of methoxy groups -OCH3 is 1. The molecule has 1 aromatic rings. The number of aromatic nitrogens is 2. The zero-order valence-corrected chi connectivity index (χ0v) is 12.4. The summed E-state index contributed by atoms with van der Waals surface area (Å²) in [4.78, 5) is 4.07. The number of nitrogens with zero attached hydrogens (tertiary/aromatic N) is 2. The van der Waals surface area contributed by atoms with E-state index in [1.807, 2.05) is 18.7 Å². The van der Waals surface area contributed by atoms with E-state index in [4.69, 9.17) is 4.74 Å². The summed E-state index contributed by atoms with van der Waals surface area (Å²) in [5, 5.41) is 0. The molecule has 1 rings (SSSR count). The molecule has 0 aliphatic rings. The van der Waals surface area contributed by atoms with Gasteiger partial charge in [0.25, 0.3) is 0 Å². The van der Waals surface area contributed by atoms with Crippen LogP contribution in [0.1, 0.15) is 46.5 Å². The molecule has 0 unspecified atom stereocenters. The van der Waals surface area contributed by atoms with Crippen LogP contribution in [0.15, 0.2) is 18.7 Å². The summed E-state index contributed by atoms with van der Waals surface area (Å²) in [6, 6.07) is 0. The van der Waals surface area contributed by atoms with Crippen LogP contribution in [0.25, 0.3) is 0 Å². The minimum atomic E-state index is 0.410. The van der Waals surface area contributed by atoms with Gasteiger partial charge in [0, 0.05) is 32.7 Å². The molecule has 3 nitrogen and oxygen atoms in total. The van der Waals surface area contributed by atoms with Crippen molar-refractivity contribution in [3.63, 3.8) is 0 Å². The van der Waals surface area contributed by atoms with Gasteiger partial charge in [-0.25, -0.2) is 4.98 Å². The van der Waals surface area contributed by atoms with Crippen molar-refractivity contribution in [2.75, 3.05) is 13.7 Å². The van der Waals surface area contributed by atoms with E-state index >= 15 is 0 Å². The van der Waals surface area contributed by atoms with Crippen molar-refractivity contribution < 1.29 is 4.74 Å². The second-order valence-electron chi connectivity index (χ2n) is 6.36. The van der Waals surface area contributed by atoms with Crippen LogP contribution >= 0.6 is 0 Å². The molecule has 18 heavy (non-hydrogen) atoms. The predicted molar refractivity (Wildman–Crippen MR) is 75.5 cm³/mol. The van der Waals surface area contributed by atoms with E-state index in [1.54, 1.807) is 7.11 Å². The molecular weight excluding hydrogens is 224 g/mol. The fourth-order valence-corrected chi connectivity index (χ4v) is 2.48. The zero-order valence-electron chi connectivity index (χ0n) is 12.4. The molecule has 0 spiro atoms. The monoisotopic (exact) mass is 252 g/mol. The summed E-state index contributed by atoms with van der Waals surface area (Å²) in [6.07, 6.45) is 10.7. The molecule has 0 aromatic carbocycles. The molecule has 0 radical (unpaired) electrons. The van der Waals surface area contributed by atoms with E-state index in [9.17, 15) is 0 Å². The van der Waals surface area contributed by atoms with Gasteiger partial charge < -0.3 is 9.30 Å². The Hall–Kier alpha value is -0.830. The molecule has 0 fully saturated rings. The van der Waals surface area contributed by atoms with Gasteiger partial charge in [0.2, 0.25) is 0 Å². The Morgan fingerprint density at radius 2 is 2.06 bits per heavy atom. The summed E-state index contributed by atoms with van der Waals surface area (Å²) in [7, 11) is 1.79. The molecule has 3 heteroatoms. The Balaban J connectivity index is 2.30. The minimum absolute atomic E-state index is 0.410. The summed E-state index contributed by atoms with van der Waals surface area (Å²) >= 11 is 0. The third kappa shape index (κ3) is 6.80. The lowest BCUT2D eigenvalue weighted by atomic mass is 9.81. The number of hydrogen-bond acceptors (Lipinski definition) is 2. The van der Waals surface area contributed by atoms with Gasteiger partial charge in [-0.05, 0) is 37.0 Å². The number of hydrogen-bond donors (Lipinski definition) is 0. The van der Waals surface area contributed by atoms with Gasteiger partial charge in [0.1, 0.15) is 0 Å². The molecule has 104 valence electrons. The molecule has 0 N–H and O–H groups in total. The highest BCUT2D eigenvalue weighted by Gasteiger charge is 2.18. The molecule has 1 atom stereocenters. The zero-order chi connectivity index (χ0) is 13.4.